The van der Waals surface area contributed by atoms with E-state index < -0.39 is 11.6 Å². The second kappa shape index (κ2) is 5.56. The Morgan fingerprint density at radius 2 is 1.93 bits per heavy atom. The molecule has 0 radical (unpaired) electrons. The molecular weight excluding hydrogens is 202 g/mol. The van der Waals surface area contributed by atoms with Gasteiger partial charge in [0.05, 0.1) is 0 Å². The van der Waals surface area contributed by atoms with E-state index in [9.17, 15) is 4.79 Å². The summed E-state index contributed by atoms with van der Waals surface area (Å²) >= 11 is 5.48. The molecule has 0 amide bonds. The van der Waals surface area contributed by atoms with Gasteiger partial charge in [0.1, 0.15) is 11.6 Å². The highest BCUT2D eigenvalue weighted by atomic mass is 35.5. The summed E-state index contributed by atoms with van der Waals surface area (Å²) in [5, 5.41) is 0. The van der Waals surface area contributed by atoms with E-state index in [0.29, 0.717) is 12.3 Å². The van der Waals surface area contributed by atoms with Gasteiger partial charge < -0.3 is 4.74 Å². The lowest BCUT2D eigenvalue weighted by Crippen LogP contribution is -2.38. The van der Waals surface area contributed by atoms with E-state index in [0.717, 1.165) is 0 Å². The molecule has 0 unspecified atom stereocenters. The number of carbonyl (C=O) groups excluding carboxylic acids is 1. The molecule has 3 nitrogen and oxygen atoms in total. The molecule has 0 aliphatic carbocycles. The van der Waals surface area contributed by atoms with Gasteiger partial charge in [-0.1, -0.05) is 13.8 Å². The Bertz CT molecular complexity index is 187. The van der Waals surface area contributed by atoms with Crippen molar-refractivity contribution in [3.05, 3.63) is 0 Å². The van der Waals surface area contributed by atoms with Gasteiger partial charge in [-0.3, -0.25) is 4.79 Å². The van der Waals surface area contributed by atoms with Crippen molar-refractivity contribution in [2.24, 2.45) is 5.92 Å². The van der Waals surface area contributed by atoms with Crippen LogP contribution in [0.15, 0.2) is 0 Å². The molecule has 0 aromatic carbocycles. The highest BCUT2D eigenvalue weighted by molar-refractivity contribution is 6.14. The predicted molar refractivity (Wildman–Crippen MR) is 58.1 cm³/mol. The molecule has 0 bridgehead atoms. The summed E-state index contributed by atoms with van der Waals surface area (Å²) in [6, 6.07) is -0.420. The Morgan fingerprint density at radius 1 is 1.43 bits per heavy atom. The van der Waals surface area contributed by atoms with Crippen LogP contribution in [0.25, 0.3) is 0 Å². The molecule has 84 valence electrons. The second-order valence-electron chi connectivity index (χ2n) is 4.82. The van der Waals surface area contributed by atoms with E-state index >= 15 is 0 Å². The summed E-state index contributed by atoms with van der Waals surface area (Å²) < 4.78 is 5.21. The van der Waals surface area contributed by atoms with Gasteiger partial charge in [0.15, 0.2) is 0 Å². The van der Waals surface area contributed by atoms with Crippen molar-refractivity contribution in [3.8, 4) is 0 Å². The number of halogens is 1. The maximum Gasteiger partial charge on any atom is 0.324 e. The van der Waals surface area contributed by atoms with Crippen molar-refractivity contribution >= 4 is 17.7 Å². The molecule has 0 aromatic rings. The van der Waals surface area contributed by atoms with Gasteiger partial charge in [0.25, 0.3) is 0 Å². The Hall–Kier alpha value is -0.280. The van der Waals surface area contributed by atoms with E-state index in [1.165, 1.54) is 0 Å². The molecule has 0 heterocycles. The summed E-state index contributed by atoms with van der Waals surface area (Å²) in [7, 11) is 0. The maximum atomic E-state index is 11.6. The molecule has 0 fully saturated rings. The molecule has 0 saturated heterocycles. The third-order valence-corrected chi connectivity index (χ3v) is 1.79. The molecule has 4 heteroatoms. The topological polar surface area (TPSA) is 38.3 Å². The van der Waals surface area contributed by atoms with Crippen molar-refractivity contribution in [3.63, 3.8) is 0 Å². The summed E-state index contributed by atoms with van der Waals surface area (Å²) in [6.45, 7) is 9.58. The normalized spacial score (nSPS) is 14.2. The first-order chi connectivity index (χ1) is 6.26. The largest absolute Gasteiger partial charge is 0.459 e. The van der Waals surface area contributed by atoms with Crippen molar-refractivity contribution in [2.45, 2.75) is 52.7 Å². The van der Waals surface area contributed by atoms with Gasteiger partial charge in [0.2, 0.25) is 0 Å². The summed E-state index contributed by atoms with van der Waals surface area (Å²) in [5.41, 5.74) is -0.458. The summed E-state index contributed by atoms with van der Waals surface area (Å²) in [5.74, 6) is 0.111. The van der Waals surface area contributed by atoms with Crippen molar-refractivity contribution < 1.29 is 9.53 Å². The number of carbonyl (C=O) groups is 1. The Labute approximate surface area is 91.3 Å². The van der Waals surface area contributed by atoms with Crippen molar-refractivity contribution in [1.29, 1.82) is 0 Å². The van der Waals surface area contributed by atoms with E-state index in [4.69, 9.17) is 16.5 Å². The standard InChI is InChI=1S/C10H20ClNO2/c1-7(2)6-8(12-11)9(13)14-10(3,4)5/h7-8,12H,6H2,1-5H3/t8-/m0/s1. The second-order valence-corrected chi connectivity index (χ2v) is 5.04. The lowest BCUT2D eigenvalue weighted by atomic mass is 10.0. The minimum atomic E-state index is -0.458. The van der Waals surface area contributed by atoms with Crippen LogP contribution in [0.3, 0.4) is 0 Å². The molecule has 0 aliphatic heterocycles. The minimum absolute atomic E-state index is 0.291. The van der Waals surface area contributed by atoms with Crippen LogP contribution >= 0.6 is 11.8 Å². The number of esters is 1. The summed E-state index contributed by atoms with van der Waals surface area (Å²) in [4.78, 5) is 14.0. The first kappa shape index (κ1) is 13.7. The molecule has 1 atom stereocenters. The number of hydrogen-bond donors (Lipinski definition) is 1. The monoisotopic (exact) mass is 221 g/mol. The molecule has 1 N–H and O–H groups in total. The maximum absolute atomic E-state index is 11.6. The van der Waals surface area contributed by atoms with Crippen LogP contribution in [0.1, 0.15) is 41.0 Å². The highest BCUT2D eigenvalue weighted by Crippen LogP contribution is 2.12. The Kier molecular flexibility index (Phi) is 5.45. The van der Waals surface area contributed by atoms with Crippen LogP contribution in [0.2, 0.25) is 0 Å². The van der Waals surface area contributed by atoms with Crippen LogP contribution in [0.4, 0.5) is 0 Å². The average Bonchev–Trinajstić information content (AvgIpc) is 1.96. The molecule has 0 aromatic heterocycles. The third-order valence-electron chi connectivity index (χ3n) is 1.53. The van der Waals surface area contributed by atoms with Crippen LogP contribution in [-0.2, 0) is 9.53 Å². The SMILES string of the molecule is CC(C)C[C@H](NCl)C(=O)OC(C)(C)C. The van der Waals surface area contributed by atoms with Crippen molar-refractivity contribution in [1.82, 2.24) is 4.84 Å². The number of rotatable bonds is 4. The fourth-order valence-corrected chi connectivity index (χ4v) is 1.21. The fraction of sp³-hybridized carbons (Fsp3) is 0.900. The molecule has 0 saturated carbocycles. The summed E-state index contributed by atoms with van der Waals surface area (Å²) in [6.07, 6.45) is 0.679. The molecule has 0 spiro atoms. The van der Waals surface area contributed by atoms with Crippen LogP contribution in [0, 0.1) is 5.92 Å². The van der Waals surface area contributed by atoms with E-state index in [1.54, 1.807) is 0 Å². The fourth-order valence-electron chi connectivity index (χ4n) is 1.03. The number of ether oxygens (including phenoxy) is 1. The van der Waals surface area contributed by atoms with Crippen molar-refractivity contribution in [2.75, 3.05) is 0 Å². The smallest absolute Gasteiger partial charge is 0.324 e. The number of nitrogens with one attached hydrogen (secondary N) is 1. The van der Waals surface area contributed by atoms with Gasteiger partial charge in [-0.2, -0.15) is 0 Å². The van der Waals surface area contributed by atoms with Crippen LogP contribution in [-0.4, -0.2) is 17.6 Å². The highest BCUT2D eigenvalue weighted by Gasteiger charge is 2.24. The van der Waals surface area contributed by atoms with Gasteiger partial charge in [-0.05, 0) is 44.9 Å². The average molecular weight is 222 g/mol. The Balaban J connectivity index is 4.18. The first-order valence-electron chi connectivity index (χ1n) is 4.85. The lowest BCUT2D eigenvalue weighted by molar-refractivity contribution is -0.157. The molecular formula is C10H20ClNO2. The quantitative estimate of drug-likeness (QED) is 0.586. The number of hydrogen-bond acceptors (Lipinski definition) is 3. The first-order valence-corrected chi connectivity index (χ1v) is 5.23. The molecule has 14 heavy (non-hydrogen) atoms. The Morgan fingerprint density at radius 3 is 2.21 bits per heavy atom. The van der Waals surface area contributed by atoms with E-state index in [-0.39, 0.29) is 5.97 Å². The van der Waals surface area contributed by atoms with Crippen LogP contribution < -0.4 is 4.84 Å². The molecule has 0 aliphatic rings. The zero-order valence-electron chi connectivity index (χ0n) is 9.56. The van der Waals surface area contributed by atoms with Gasteiger partial charge in [-0.15, -0.1) is 0 Å². The zero-order valence-corrected chi connectivity index (χ0v) is 10.3. The lowest BCUT2D eigenvalue weighted by Gasteiger charge is -2.23. The van der Waals surface area contributed by atoms with Gasteiger partial charge in [-0.25, -0.2) is 4.84 Å². The van der Waals surface area contributed by atoms with E-state index in [2.05, 4.69) is 4.84 Å². The van der Waals surface area contributed by atoms with Crippen LogP contribution in [0.5, 0.6) is 0 Å². The minimum Gasteiger partial charge on any atom is -0.459 e. The van der Waals surface area contributed by atoms with Gasteiger partial charge in [0, 0.05) is 0 Å². The van der Waals surface area contributed by atoms with Gasteiger partial charge >= 0.3 is 5.97 Å². The zero-order chi connectivity index (χ0) is 11.4. The van der Waals surface area contributed by atoms with E-state index in [1.807, 2.05) is 34.6 Å². The molecule has 0 rings (SSSR count). The predicted octanol–water partition coefficient (Wildman–Crippen LogP) is 2.49. The third kappa shape index (κ3) is 6.22.